The molecule has 1 aliphatic carbocycles. The maximum atomic E-state index is 13.4. The monoisotopic (exact) mass is 330 g/mol. The molecule has 1 aromatic rings. The first-order valence-electron chi connectivity index (χ1n) is 5.44. The van der Waals surface area contributed by atoms with E-state index < -0.39 is 11.2 Å². The molecule has 96 valence electrons. The highest BCUT2D eigenvalue weighted by Crippen LogP contribution is 2.47. The van der Waals surface area contributed by atoms with Crippen LogP contribution in [0.1, 0.15) is 18.4 Å². The molecule has 1 fully saturated rings. The molecular weight excluding hydrogens is 319 g/mol. The Hall–Kier alpha value is -1.01. The normalized spacial score (nSPS) is 16.2. The number of thiocarbonyl (C=S) groups is 1. The maximum absolute atomic E-state index is 13.4. The maximum Gasteiger partial charge on any atom is 0.237 e. The molecule has 0 saturated heterocycles. The number of carbonyl (C=O) groups is 1. The van der Waals surface area contributed by atoms with E-state index in [2.05, 4.69) is 21.2 Å². The molecule has 0 bridgehead atoms. The van der Waals surface area contributed by atoms with E-state index in [0.29, 0.717) is 23.0 Å². The second-order valence-electron chi connectivity index (χ2n) is 4.48. The Balaban J connectivity index is 2.23. The number of nitrogens with two attached hydrogens (primary N) is 1. The van der Waals surface area contributed by atoms with E-state index in [1.54, 1.807) is 13.0 Å². The number of amides is 1. The SMILES string of the molecule is Cc1cc(Br)c(F)cc1NC(=O)C1(C(N)=S)CC1. The van der Waals surface area contributed by atoms with Gasteiger partial charge in [0.15, 0.2) is 0 Å². The van der Waals surface area contributed by atoms with Crippen LogP contribution >= 0.6 is 28.1 Å². The van der Waals surface area contributed by atoms with Crippen LogP contribution in [0.15, 0.2) is 16.6 Å². The first-order chi connectivity index (χ1) is 8.36. The van der Waals surface area contributed by atoms with Crippen LogP contribution in [-0.2, 0) is 4.79 Å². The van der Waals surface area contributed by atoms with E-state index in [1.807, 2.05) is 0 Å². The second kappa shape index (κ2) is 4.59. The van der Waals surface area contributed by atoms with Crippen LogP contribution in [0.5, 0.6) is 0 Å². The minimum Gasteiger partial charge on any atom is -0.392 e. The molecule has 0 atom stereocenters. The molecule has 18 heavy (non-hydrogen) atoms. The van der Waals surface area contributed by atoms with Crippen LogP contribution < -0.4 is 11.1 Å². The van der Waals surface area contributed by atoms with Gasteiger partial charge in [-0.25, -0.2) is 4.39 Å². The van der Waals surface area contributed by atoms with Crippen molar-refractivity contribution < 1.29 is 9.18 Å². The molecule has 0 spiro atoms. The smallest absolute Gasteiger partial charge is 0.237 e. The van der Waals surface area contributed by atoms with Gasteiger partial charge in [-0.2, -0.15) is 0 Å². The predicted octanol–water partition coefficient (Wildman–Crippen LogP) is 2.90. The standard InChI is InChI=1S/C12H12BrFN2OS/c1-6-4-7(13)8(14)5-9(6)16-11(17)12(2-3-12)10(15)18/h4-5H,2-3H2,1H3,(H2,15,18)(H,16,17). The molecule has 0 aliphatic heterocycles. The number of anilines is 1. The van der Waals surface area contributed by atoms with Gasteiger partial charge in [-0.1, -0.05) is 12.2 Å². The van der Waals surface area contributed by atoms with Crippen LogP contribution in [0.3, 0.4) is 0 Å². The van der Waals surface area contributed by atoms with Crippen molar-refractivity contribution in [2.24, 2.45) is 11.1 Å². The average molecular weight is 331 g/mol. The summed E-state index contributed by atoms with van der Waals surface area (Å²) in [5.41, 5.74) is 6.06. The Bertz CT molecular complexity index is 543. The molecule has 3 nitrogen and oxygen atoms in total. The topological polar surface area (TPSA) is 55.1 Å². The number of carbonyl (C=O) groups excluding carboxylic acids is 1. The van der Waals surface area contributed by atoms with Gasteiger partial charge >= 0.3 is 0 Å². The fraction of sp³-hybridized carbons (Fsp3) is 0.333. The lowest BCUT2D eigenvalue weighted by Crippen LogP contribution is -2.35. The Morgan fingerprint density at radius 1 is 1.56 bits per heavy atom. The third-order valence-electron chi connectivity index (χ3n) is 3.17. The number of aryl methyl sites for hydroxylation is 1. The zero-order valence-corrected chi connectivity index (χ0v) is 12.1. The van der Waals surface area contributed by atoms with Crippen molar-refractivity contribution in [1.82, 2.24) is 0 Å². The third kappa shape index (κ3) is 2.27. The van der Waals surface area contributed by atoms with Crippen molar-refractivity contribution in [1.29, 1.82) is 0 Å². The van der Waals surface area contributed by atoms with E-state index in [1.165, 1.54) is 6.07 Å². The van der Waals surface area contributed by atoms with Crippen molar-refractivity contribution >= 4 is 44.7 Å². The minimum atomic E-state index is -0.731. The van der Waals surface area contributed by atoms with Gasteiger partial charge < -0.3 is 11.1 Å². The number of nitrogens with one attached hydrogen (secondary N) is 1. The summed E-state index contributed by atoms with van der Waals surface area (Å²) in [5, 5.41) is 2.70. The molecule has 1 saturated carbocycles. The van der Waals surface area contributed by atoms with Crippen molar-refractivity contribution in [3.63, 3.8) is 0 Å². The Morgan fingerprint density at radius 3 is 2.67 bits per heavy atom. The Labute approximate surface area is 118 Å². The molecule has 1 amide bonds. The molecule has 0 unspecified atom stereocenters. The Morgan fingerprint density at radius 2 is 2.17 bits per heavy atom. The molecule has 3 N–H and O–H groups in total. The van der Waals surface area contributed by atoms with Gasteiger partial charge in [-0.15, -0.1) is 0 Å². The summed E-state index contributed by atoms with van der Waals surface area (Å²) in [6.07, 6.45) is 1.32. The summed E-state index contributed by atoms with van der Waals surface area (Å²) in [6.45, 7) is 1.79. The summed E-state index contributed by atoms with van der Waals surface area (Å²) in [7, 11) is 0. The van der Waals surface area contributed by atoms with Gasteiger partial charge in [0.2, 0.25) is 5.91 Å². The van der Waals surface area contributed by atoms with Crippen LogP contribution in [0, 0.1) is 18.2 Å². The lowest BCUT2D eigenvalue weighted by molar-refractivity contribution is -0.118. The third-order valence-corrected chi connectivity index (χ3v) is 4.17. The molecule has 1 aliphatic rings. The van der Waals surface area contributed by atoms with E-state index in [-0.39, 0.29) is 10.9 Å². The van der Waals surface area contributed by atoms with Gasteiger partial charge in [-0.3, -0.25) is 4.79 Å². The van der Waals surface area contributed by atoms with Gasteiger partial charge in [-0.05, 0) is 53.4 Å². The number of rotatable bonds is 3. The zero-order chi connectivity index (χ0) is 13.5. The largest absolute Gasteiger partial charge is 0.392 e. The van der Waals surface area contributed by atoms with Gasteiger partial charge in [0.05, 0.1) is 14.9 Å². The van der Waals surface area contributed by atoms with Crippen LogP contribution in [0.2, 0.25) is 0 Å². The summed E-state index contributed by atoms with van der Waals surface area (Å²) < 4.78 is 13.8. The van der Waals surface area contributed by atoms with Crippen LogP contribution in [0.25, 0.3) is 0 Å². The van der Waals surface area contributed by atoms with Crippen LogP contribution in [-0.4, -0.2) is 10.9 Å². The molecule has 0 aromatic heterocycles. The lowest BCUT2D eigenvalue weighted by atomic mass is 10.1. The second-order valence-corrected chi connectivity index (χ2v) is 5.78. The van der Waals surface area contributed by atoms with Crippen molar-refractivity contribution in [3.8, 4) is 0 Å². The fourth-order valence-corrected chi connectivity index (χ4v) is 2.49. The number of halogens is 2. The van der Waals surface area contributed by atoms with Gasteiger partial charge in [0, 0.05) is 5.69 Å². The van der Waals surface area contributed by atoms with Gasteiger partial charge in [0.1, 0.15) is 5.82 Å². The average Bonchev–Trinajstić information content (AvgIpc) is 3.06. The van der Waals surface area contributed by atoms with Crippen molar-refractivity contribution in [3.05, 3.63) is 28.0 Å². The van der Waals surface area contributed by atoms with Gasteiger partial charge in [0.25, 0.3) is 0 Å². The predicted molar refractivity (Wildman–Crippen MR) is 75.9 cm³/mol. The quantitative estimate of drug-likeness (QED) is 0.838. The highest BCUT2D eigenvalue weighted by molar-refractivity contribution is 9.10. The minimum absolute atomic E-state index is 0.204. The summed E-state index contributed by atoms with van der Waals surface area (Å²) in [6, 6.07) is 2.90. The molecule has 0 radical (unpaired) electrons. The number of hydrogen-bond acceptors (Lipinski definition) is 2. The molecular formula is C12H12BrFN2OS. The summed E-state index contributed by atoms with van der Waals surface area (Å²) in [5.74, 6) is -0.670. The lowest BCUT2D eigenvalue weighted by Gasteiger charge is -2.15. The zero-order valence-electron chi connectivity index (χ0n) is 9.72. The summed E-state index contributed by atoms with van der Waals surface area (Å²) >= 11 is 7.99. The Kier molecular flexibility index (Phi) is 3.42. The van der Waals surface area contributed by atoms with Crippen molar-refractivity contribution in [2.45, 2.75) is 19.8 Å². The van der Waals surface area contributed by atoms with E-state index >= 15 is 0 Å². The first kappa shape index (κ1) is 13.4. The molecule has 6 heteroatoms. The first-order valence-corrected chi connectivity index (χ1v) is 6.64. The highest BCUT2D eigenvalue weighted by atomic mass is 79.9. The molecule has 0 heterocycles. The van der Waals surface area contributed by atoms with E-state index in [4.69, 9.17) is 18.0 Å². The highest BCUT2D eigenvalue weighted by Gasteiger charge is 2.52. The number of hydrogen-bond donors (Lipinski definition) is 2. The van der Waals surface area contributed by atoms with Crippen molar-refractivity contribution in [2.75, 3.05) is 5.32 Å². The summed E-state index contributed by atoms with van der Waals surface area (Å²) in [4.78, 5) is 12.3. The van der Waals surface area contributed by atoms with Crippen LogP contribution in [0.4, 0.5) is 10.1 Å². The number of benzene rings is 1. The van der Waals surface area contributed by atoms with E-state index in [0.717, 1.165) is 5.56 Å². The molecule has 2 rings (SSSR count). The fourth-order valence-electron chi connectivity index (χ4n) is 1.73. The molecule has 1 aromatic carbocycles. The van der Waals surface area contributed by atoms with E-state index in [9.17, 15) is 9.18 Å².